The third kappa shape index (κ3) is 4.19. The van der Waals surface area contributed by atoms with E-state index in [9.17, 15) is 9.59 Å². The summed E-state index contributed by atoms with van der Waals surface area (Å²) in [4.78, 5) is 26.4. The molecule has 1 aliphatic rings. The van der Waals surface area contributed by atoms with Crippen molar-refractivity contribution in [1.29, 1.82) is 0 Å². The zero-order chi connectivity index (χ0) is 17.5. The van der Waals surface area contributed by atoms with Gasteiger partial charge in [-0.2, -0.15) is 0 Å². The number of hydrogen-bond donors (Lipinski definition) is 0. The SMILES string of the molecule is CC[C@H]1CCCCN1C(=O)COC(=O)c1ccc(OC)cc1OC. The molecule has 6 nitrogen and oxygen atoms in total. The van der Waals surface area contributed by atoms with E-state index in [1.807, 2.05) is 4.90 Å². The van der Waals surface area contributed by atoms with Gasteiger partial charge in [0.05, 0.1) is 14.2 Å². The molecule has 1 aromatic carbocycles. The fraction of sp³-hybridized carbons (Fsp3) is 0.556. The summed E-state index contributed by atoms with van der Waals surface area (Å²) in [6.07, 6.45) is 4.09. The molecule has 0 N–H and O–H groups in total. The van der Waals surface area contributed by atoms with E-state index in [2.05, 4.69) is 6.92 Å². The Morgan fingerprint density at radius 3 is 2.67 bits per heavy atom. The highest BCUT2D eigenvalue weighted by Gasteiger charge is 2.26. The summed E-state index contributed by atoms with van der Waals surface area (Å²) in [7, 11) is 3.00. The second-order valence-corrected chi connectivity index (χ2v) is 5.79. The van der Waals surface area contributed by atoms with Crippen molar-refractivity contribution in [3.63, 3.8) is 0 Å². The van der Waals surface area contributed by atoms with Crippen LogP contribution in [-0.2, 0) is 9.53 Å². The third-order valence-corrected chi connectivity index (χ3v) is 4.37. The van der Waals surface area contributed by atoms with Gasteiger partial charge in [-0.1, -0.05) is 6.92 Å². The number of hydrogen-bond acceptors (Lipinski definition) is 5. The lowest BCUT2D eigenvalue weighted by atomic mass is 10.00. The van der Waals surface area contributed by atoms with Crippen LogP contribution < -0.4 is 9.47 Å². The number of amides is 1. The second-order valence-electron chi connectivity index (χ2n) is 5.79. The molecule has 0 spiro atoms. The van der Waals surface area contributed by atoms with Gasteiger partial charge < -0.3 is 19.1 Å². The first-order chi connectivity index (χ1) is 11.6. The second kappa shape index (κ2) is 8.57. The quantitative estimate of drug-likeness (QED) is 0.748. The molecule has 0 aliphatic carbocycles. The predicted octanol–water partition coefficient (Wildman–Crippen LogP) is 2.65. The molecular formula is C18H25NO5. The minimum atomic E-state index is -0.576. The van der Waals surface area contributed by atoms with Gasteiger partial charge in [-0.25, -0.2) is 4.79 Å². The van der Waals surface area contributed by atoms with Crippen molar-refractivity contribution in [2.45, 2.75) is 38.6 Å². The normalized spacial score (nSPS) is 17.3. The number of methoxy groups -OCH3 is 2. The van der Waals surface area contributed by atoms with Gasteiger partial charge in [0.2, 0.25) is 0 Å². The number of piperidine rings is 1. The summed E-state index contributed by atoms with van der Waals surface area (Å²) in [5.74, 6) is 0.227. The number of nitrogens with zero attached hydrogens (tertiary/aromatic N) is 1. The number of rotatable bonds is 6. The predicted molar refractivity (Wildman–Crippen MR) is 89.5 cm³/mol. The highest BCUT2D eigenvalue weighted by atomic mass is 16.5. The van der Waals surface area contributed by atoms with Gasteiger partial charge in [0, 0.05) is 18.7 Å². The number of ether oxygens (including phenoxy) is 3. The van der Waals surface area contributed by atoms with Crippen molar-refractivity contribution in [2.75, 3.05) is 27.4 Å². The number of likely N-dealkylation sites (tertiary alicyclic amines) is 1. The van der Waals surface area contributed by atoms with Crippen molar-refractivity contribution < 1.29 is 23.8 Å². The van der Waals surface area contributed by atoms with Gasteiger partial charge in [-0.3, -0.25) is 4.79 Å². The Balaban J connectivity index is 1.98. The van der Waals surface area contributed by atoms with Gasteiger partial charge in [0.1, 0.15) is 17.1 Å². The van der Waals surface area contributed by atoms with E-state index in [4.69, 9.17) is 14.2 Å². The molecule has 1 saturated heterocycles. The lowest BCUT2D eigenvalue weighted by molar-refractivity contribution is -0.138. The molecule has 0 bridgehead atoms. The van der Waals surface area contributed by atoms with Crippen molar-refractivity contribution in [1.82, 2.24) is 4.90 Å². The van der Waals surface area contributed by atoms with Crippen LogP contribution in [0, 0.1) is 0 Å². The van der Waals surface area contributed by atoms with Gasteiger partial charge >= 0.3 is 5.97 Å². The standard InChI is InChI=1S/C18H25NO5/c1-4-13-7-5-6-10-19(13)17(20)12-24-18(21)15-9-8-14(22-2)11-16(15)23-3/h8-9,11,13H,4-7,10,12H2,1-3H3/t13-/m0/s1. The van der Waals surface area contributed by atoms with Crippen LogP contribution in [0.2, 0.25) is 0 Å². The van der Waals surface area contributed by atoms with Gasteiger partial charge in [0.25, 0.3) is 5.91 Å². The summed E-state index contributed by atoms with van der Waals surface area (Å²) < 4.78 is 15.5. The van der Waals surface area contributed by atoms with E-state index in [0.717, 1.165) is 32.2 Å². The van der Waals surface area contributed by atoms with Crippen molar-refractivity contribution >= 4 is 11.9 Å². The van der Waals surface area contributed by atoms with Crippen LogP contribution >= 0.6 is 0 Å². The van der Waals surface area contributed by atoms with E-state index in [-0.39, 0.29) is 24.1 Å². The van der Waals surface area contributed by atoms with Crippen LogP contribution in [0.25, 0.3) is 0 Å². The number of benzene rings is 1. The van der Waals surface area contributed by atoms with E-state index in [1.165, 1.54) is 14.2 Å². The average Bonchev–Trinajstić information content (AvgIpc) is 2.65. The third-order valence-electron chi connectivity index (χ3n) is 4.37. The molecule has 24 heavy (non-hydrogen) atoms. The summed E-state index contributed by atoms with van der Waals surface area (Å²) in [6, 6.07) is 5.08. The van der Waals surface area contributed by atoms with Crippen molar-refractivity contribution in [3.8, 4) is 11.5 Å². The van der Waals surface area contributed by atoms with Crippen LogP contribution in [0.3, 0.4) is 0 Å². The van der Waals surface area contributed by atoms with Crippen LogP contribution in [0.1, 0.15) is 43.0 Å². The highest BCUT2D eigenvalue weighted by molar-refractivity contribution is 5.94. The topological polar surface area (TPSA) is 65.1 Å². The Labute approximate surface area is 142 Å². The monoisotopic (exact) mass is 335 g/mol. The molecule has 1 fully saturated rings. The Kier molecular flexibility index (Phi) is 6.46. The highest BCUT2D eigenvalue weighted by Crippen LogP contribution is 2.25. The zero-order valence-electron chi connectivity index (χ0n) is 14.5. The average molecular weight is 335 g/mol. The first kappa shape index (κ1) is 18.1. The fourth-order valence-corrected chi connectivity index (χ4v) is 3.01. The van der Waals surface area contributed by atoms with Crippen LogP contribution in [0.15, 0.2) is 18.2 Å². The maximum atomic E-state index is 12.4. The molecule has 2 rings (SSSR count). The van der Waals surface area contributed by atoms with E-state index in [0.29, 0.717) is 11.5 Å². The van der Waals surface area contributed by atoms with Gasteiger partial charge in [0.15, 0.2) is 6.61 Å². The van der Waals surface area contributed by atoms with E-state index >= 15 is 0 Å². The Morgan fingerprint density at radius 1 is 1.21 bits per heavy atom. The molecule has 0 saturated carbocycles. The van der Waals surface area contributed by atoms with Crippen LogP contribution in [0.5, 0.6) is 11.5 Å². The molecule has 0 aromatic heterocycles. The van der Waals surface area contributed by atoms with Crippen LogP contribution in [0.4, 0.5) is 0 Å². The molecule has 132 valence electrons. The lowest BCUT2D eigenvalue weighted by Gasteiger charge is -2.35. The summed E-state index contributed by atoms with van der Waals surface area (Å²) >= 11 is 0. The minimum Gasteiger partial charge on any atom is -0.497 e. The molecule has 1 heterocycles. The largest absolute Gasteiger partial charge is 0.497 e. The molecule has 1 amide bonds. The summed E-state index contributed by atoms with van der Waals surface area (Å²) in [6.45, 7) is 2.57. The van der Waals surface area contributed by atoms with Gasteiger partial charge in [-0.05, 0) is 37.8 Å². The van der Waals surface area contributed by atoms with Crippen molar-refractivity contribution in [2.24, 2.45) is 0 Å². The fourth-order valence-electron chi connectivity index (χ4n) is 3.01. The maximum Gasteiger partial charge on any atom is 0.342 e. The molecule has 1 aliphatic heterocycles. The Hall–Kier alpha value is -2.24. The first-order valence-electron chi connectivity index (χ1n) is 8.29. The molecule has 0 radical (unpaired) electrons. The lowest BCUT2D eigenvalue weighted by Crippen LogP contribution is -2.45. The summed E-state index contributed by atoms with van der Waals surface area (Å²) in [5.41, 5.74) is 0.275. The number of carbonyl (C=O) groups is 2. The van der Waals surface area contributed by atoms with E-state index in [1.54, 1.807) is 18.2 Å². The molecule has 6 heteroatoms. The number of carbonyl (C=O) groups excluding carboxylic acids is 2. The summed E-state index contributed by atoms with van der Waals surface area (Å²) in [5, 5.41) is 0. The maximum absolute atomic E-state index is 12.4. The van der Waals surface area contributed by atoms with E-state index < -0.39 is 5.97 Å². The molecular weight excluding hydrogens is 310 g/mol. The smallest absolute Gasteiger partial charge is 0.342 e. The Morgan fingerprint density at radius 2 is 2.00 bits per heavy atom. The molecule has 1 aromatic rings. The Bertz CT molecular complexity index is 587. The molecule has 0 unspecified atom stereocenters. The molecule has 1 atom stereocenters. The van der Waals surface area contributed by atoms with Crippen molar-refractivity contribution in [3.05, 3.63) is 23.8 Å². The first-order valence-corrected chi connectivity index (χ1v) is 8.29. The number of esters is 1. The minimum absolute atomic E-state index is 0.137. The zero-order valence-corrected chi connectivity index (χ0v) is 14.5. The van der Waals surface area contributed by atoms with Crippen LogP contribution in [-0.4, -0.2) is 50.2 Å². The van der Waals surface area contributed by atoms with Gasteiger partial charge in [-0.15, -0.1) is 0 Å².